The van der Waals surface area contributed by atoms with Gasteiger partial charge in [0.25, 0.3) is 21.8 Å². The molecule has 292 valence electrons. The Bertz CT molecular complexity index is 2210. The molecule has 0 aromatic heterocycles. The summed E-state index contributed by atoms with van der Waals surface area (Å²) in [5.41, 5.74) is 0.0134. The smallest absolute Gasteiger partial charge is 0.410 e. The molecule has 5 rings (SSSR count). The van der Waals surface area contributed by atoms with Gasteiger partial charge in [0.2, 0.25) is 0 Å². The van der Waals surface area contributed by atoms with E-state index in [0.29, 0.717) is 53.6 Å². The lowest BCUT2D eigenvalue weighted by Crippen LogP contribution is -2.51. The number of sulfonamides is 1. The van der Waals surface area contributed by atoms with Gasteiger partial charge in [0, 0.05) is 53.9 Å². The molecule has 15 heteroatoms. The van der Waals surface area contributed by atoms with Crippen LogP contribution < -0.4 is 9.62 Å². The SMILES string of the molecule is CC(C)(C)OC(=O)CN(c1ccc2c(C(=O)NCc3ccccc3C(=O)N3CCN(C(=O)OC(C)(C)C)CC3)cccc2c1)S(=O)(=O)c1cc(Cl)cc(Cl)c1. The van der Waals surface area contributed by atoms with Crippen molar-refractivity contribution < 1.29 is 37.1 Å². The highest BCUT2D eigenvalue weighted by atomic mass is 35.5. The number of piperazine rings is 1. The Morgan fingerprint density at radius 1 is 0.745 bits per heavy atom. The lowest BCUT2D eigenvalue weighted by atomic mass is 10.0. The normalized spacial score (nSPS) is 13.7. The van der Waals surface area contributed by atoms with Crippen molar-refractivity contribution in [1.82, 2.24) is 15.1 Å². The van der Waals surface area contributed by atoms with Crippen molar-refractivity contribution in [2.75, 3.05) is 37.0 Å². The third-order valence-electron chi connectivity index (χ3n) is 8.42. The first-order valence-corrected chi connectivity index (χ1v) is 19.8. The molecule has 1 saturated heterocycles. The lowest BCUT2D eigenvalue weighted by Gasteiger charge is -2.35. The number of anilines is 1. The highest BCUT2D eigenvalue weighted by Crippen LogP contribution is 2.31. The van der Waals surface area contributed by atoms with Crippen LogP contribution >= 0.6 is 23.2 Å². The maximum atomic E-state index is 14.0. The van der Waals surface area contributed by atoms with Gasteiger partial charge in [-0.15, -0.1) is 0 Å². The lowest BCUT2D eigenvalue weighted by molar-refractivity contribution is -0.152. The number of benzene rings is 4. The predicted octanol–water partition coefficient (Wildman–Crippen LogP) is 7.31. The summed E-state index contributed by atoms with van der Waals surface area (Å²) in [6, 6.07) is 20.6. The van der Waals surface area contributed by atoms with Crippen LogP contribution in [-0.4, -0.2) is 86.0 Å². The zero-order valence-electron chi connectivity index (χ0n) is 31.5. The first-order valence-electron chi connectivity index (χ1n) is 17.6. The summed E-state index contributed by atoms with van der Waals surface area (Å²) >= 11 is 12.3. The van der Waals surface area contributed by atoms with E-state index in [2.05, 4.69) is 5.32 Å². The summed E-state index contributed by atoms with van der Waals surface area (Å²) in [6.07, 6.45) is -0.418. The van der Waals surface area contributed by atoms with Gasteiger partial charge in [-0.05, 0) is 100 Å². The number of amides is 3. The van der Waals surface area contributed by atoms with Gasteiger partial charge < -0.3 is 24.6 Å². The van der Waals surface area contributed by atoms with Crippen molar-refractivity contribution in [3.05, 3.63) is 106 Å². The maximum Gasteiger partial charge on any atom is 0.410 e. The molecule has 4 aromatic carbocycles. The van der Waals surface area contributed by atoms with Crippen molar-refractivity contribution >= 4 is 73.6 Å². The average molecular weight is 812 g/mol. The number of nitrogens with one attached hydrogen (secondary N) is 1. The molecular weight excluding hydrogens is 767 g/mol. The third-order valence-corrected chi connectivity index (χ3v) is 10.6. The Hall–Kier alpha value is -4.85. The van der Waals surface area contributed by atoms with Crippen molar-refractivity contribution in [3.63, 3.8) is 0 Å². The Morgan fingerprint density at radius 3 is 1.98 bits per heavy atom. The topological polar surface area (TPSA) is 143 Å². The van der Waals surface area contributed by atoms with E-state index in [1.54, 1.807) is 106 Å². The Kier molecular flexibility index (Phi) is 12.4. The second-order valence-electron chi connectivity index (χ2n) is 15.0. The molecule has 0 saturated carbocycles. The number of fused-ring (bicyclic) bond motifs is 1. The number of esters is 1. The first kappa shape index (κ1) is 41.3. The molecule has 0 unspecified atom stereocenters. The van der Waals surface area contributed by atoms with Crippen molar-refractivity contribution in [2.45, 2.75) is 64.2 Å². The summed E-state index contributed by atoms with van der Waals surface area (Å²) < 4.78 is 39.9. The fraction of sp³-hybridized carbons (Fsp3) is 0.350. The molecule has 1 fully saturated rings. The van der Waals surface area contributed by atoms with Crippen LogP contribution in [0.1, 0.15) is 67.8 Å². The van der Waals surface area contributed by atoms with Crippen molar-refractivity contribution in [2.24, 2.45) is 0 Å². The number of nitrogens with zero attached hydrogens (tertiary/aromatic N) is 3. The highest BCUT2D eigenvalue weighted by Gasteiger charge is 2.31. The van der Waals surface area contributed by atoms with Crippen LogP contribution in [0.2, 0.25) is 10.0 Å². The summed E-state index contributed by atoms with van der Waals surface area (Å²) in [6.45, 7) is 11.2. The molecule has 4 aromatic rings. The minimum Gasteiger partial charge on any atom is -0.459 e. The van der Waals surface area contributed by atoms with Gasteiger partial charge >= 0.3 is 12.1 Å². The van der Waals surface area contributed by atoms with Gasteiger partial charge in [0.1, 0.15) is 17.7 Å². The molecule has 1 N–H and O–H groups in total. The number of carbonyl (C=O) groups is 4. The molecule has 1 aliphatic rings. The molecule has 12 nitrogen and oxygen atoms in total. The second-order valence-corrected chi connectivity index (χ2v) is 17.7. The minimum absolute atomic E-state index is 0.0528. The molecule has 3 amide bonds. The quantitative estimate of drug-likeness (QED) is 0.174. The fourth-order valence-electron chi connectivity index (χ4n) is 5.98. The van der Waals surface area contributed by atoms with E-state index in [4.69, 9.17) is 32.7 Å². The van der Waals surface area contributed by atoms with E-state index in [1.165, 1.54) is 24.3 Å². The Labute approximate surface area is 331 Å². The molecule has 1 heterocycles. The number of hydrogen-bond donors (Lipinski definition) is 1. The van der Waals surface area contributed by atoms with E-state index in [-0.39, 0.29) is 33.1 Å². The number of carbonyl (C=O) groups excluding carboxylic acids is 4. The summed E-state index contributed by atoms with van der Waals surface area (Å²) in [5.74, 6) is -1.41. The third kappa shape index (κ3) is 10.5. The second kappa shape index (κ2) is 16.5. The number of hydrogen-bond acceptors (Lipinski definition) is 8. The molecule has 0 bridgehead atoms. The van der Waals surface area contributed by atoms with Crippen LogP contribution in [0.5, 0.6) is 0 Å². The Balaban J connectivity index is 1.35. The van der Waals surface area contributed by atoms with Crippen LogP contribution in [0.4, 0.5) is 10.5 Å². The number of halogens is 2. The van der Waals surface area contributed by atoms with Gasteiger partial charge in [-0.25, -0.2) is 13.2 Å². The first-order chi connectivity index (χ1) is 25.7. The van der Waals surface area contributed by atoms with E-state index in [9.17, 15) is 27.6 Å². The van der Waals surface area contributed by atoms with Gasteiger partial charge in [0.05, 0.1) is 10.6 Å². The van der Waals surface area contributed by atoms with Gasteiger partial charge in [0.15, 0.2) is 0 Å². The minimum atomic E-state index is -4.39. The van der Waals surface area contributed by atoms with Crippen LogP contribution in [0.25, 0.3) is 10.8 Å². The van der Waals surface area contributed by atoms with Crippen molar-refractivity contribution in [3.8, 4) is 0 Å². The molecular formula is C40H44Cl2N4O8S. The fourth-order valence-corrected chi connectivity index (χ4v) is 8.11. The molecule has 0 atom stereocenters. The Morgan fingerprint density at radius 2 is 1.35 bits per heavy atom. The molecule has 1 aliphatic heterocycles. The molecule has 55 heavy (non-hydrogen) atoms. The van der Waals surface area contributed by atoms with E-state index in [1.807, 2.05) is 0 Å². The largest absolute Gasteiger partial charge is 0.459 e. The summed E-state index contributed by atoms with van der Waals surface area (Å²) in [4.78, 5) is 55.9. The standard InChI is InChI=1S/C40H44Cl2N4O8S/c1-39(2,3)53-35(47)25-46(55(51,52)31-22-28(41)21-29(42)23-31)30-14-15-32-26(20-30)11-9-13-34(32)36(48)43-24-27-10-7-8-12-33(27)37(49)44-16-18-45(19-17-44)38(50)54-40(4,5)6/h7-15,20-23H,16-19,24-25H2,1-6H3,(H,43,48). The molecule has 0 spiro atoms. The zero-order chi connectivity index (χ0) is 40.3. The number of rotatable bonds is 9. The molecule has 0 aliphatic carbocycles. The predicted molar refractivity (Wildman–Crippen MR) is 212 cm³/mol. The van der Waals surface area contributed by atoms with Crippen LogP contribution in [0.3, 0.4) is 0 Å². The van der Waals surface area contributed by atoms with E-state index in [0.717, 1.165) is 4.31 Å². The van der Waals surface area contributed by atoms with Gasteiger partial charge in [-0.3, -0.25) is 18.7 Å². The van der Waals surface area contributed by atoms with Crippen LogP contribution in [-0.2, 0) is 30.8 Å². The zero-order valence-corrected chi connectivity index (χ0v) is 33.8. The highest BCUT2D eigenvalue weighted by molar-refractivity contribution is 7.92. The molecule has 0 radical (unpaired) electrons. The average Bonchev–Trinajstić information content (AvgIpc) is 3.10. The monoisotopic (exact) mass is 810 g/mol. The van der Waals surface area contributed by atoms with E-state index < -0.39 is 45.7 Å². The van der Waals surface area contributed by atoms with Crippen LogP contribution in [0, 0.1) is 0 Å². The van der Waals surface area contributed by atoms with E-state index >= 15 is 0 Å². The summed E-state index contributed by atoms with van der Waals surface area (Å²) in [7, 11) is -4.39. The van der Waals surface area contributed by atoms with Gasteiger partial charge in [-0.2, -0.15) is 0 Å². The van der Waals surface area contributed by atoms with Gasteiger partial charge in [-0.1, -0.05) is 59.6 Å². The summed E-state index contributed by atoms with van der Waals surface area (Å²) in [5, 5.41) is 4.17. The van der Waals surface area contributed by atoms with Crippen molar-refractivity contribution in [1.29, 1.82) is 0 Å². The van der Waals surface area contributed by atoms with Crippen LogP contribution in [0.15, 0.2) is 83.8 Å². The number of ether oxygens (including phenoxy) is 2. The maximum absolute atomic E-state index is 14.0.